The zero-order valence-corrected chi connectivity index (χ0v) is 16.6. The first-order chi connectivity index (χ1) is 13.6. The van der Waals surface area contributed by atoms with Gasteiger partial charge in [0.05, 0.1) is 24.3 Å². The molecule has 0 radical (unpaired) electrons. The fourth-order valence-electron chi connectivity index (χ4n) is 2.93. The highest BCUT2D eigenvalue weighted by Gasteiger charge is 2.23. The summed E-state index contributed by atoms with van der Waals surface area (Å²) < 4.78 is 10.9. The minimum absolute atomic E-state index is 0.348. The summed E-state index contributed by atoms with van der Waals surface area (Å²) in [4.78, 5) is 18.2. The highest BCUT2D eigenvalue weighted by Crippen LogP contribution is 2.41. The maximum atomic E-state index is 12.4. The third-order valence-corrected chi connectivity index (χ3v) is 5.58. The lowest BCUT2D eigenvalue weighted by atomic mass is 10.0. The van der Waals surface area contributed by atoms with Gasteiger partial charge < -0.3 is 14.9 Å². The van der Waals surface area contributed by atoms with Crippen LogP contribution in [0.3, 0.4) is 0 Å². The summed E-state index contributed by atoms with van der Waals surface area (Å²) in [5, 5.41) is 1.35. The topological polar surface area (TPSA) is 78.3 Å². The number of carbonyl (C=O) groups is 1. The molecule has 3 aromatic heterocycles. The van der Waals surface area contributed by atoms with Gasteiger partial charge in [-0.25, -0.2) is 9.78 Å². The van der Waals surface area contributed by atoms with Crippen LogP contribution in [0.25, 0.3) is 32.8 Å². The van der Waals surface area contributed by atoms with Crippen molar-refractivity contribution in [2.45, 2.75) is 13.3 Å². The van der Waals surface area contributed by atoms with Crippen LogP contribution >= 0.6 is 22.9 Å². The predicted octanol–water partition coefficient (Wildman–Crippen LogP) is 6.03. The second kappa shape index (κ2) is 7.66. The molecule has 0 atom stereocenters. The Kier molecular flexibility index (Phi) is 5.07. The molecule has 4 aromatic rings. The van der Waals surface area contributed by atoms with Crippen molar-refractivity contribution in [3.63, 3.8) is 0 Å². The summed E-state index contributed by atoms with van der Waals surface area (Å²) in [5.74, 6) is 0.223. The summed E-state index contributed by atoms with van der Waals surface area (Å²) in [6, 6.07) is 13.0. The van der Waals surface area contributed by atoms with Crippen molar-refractivity contribution < 1.29 is 13.9 Å². The number of nitrogen functional groups attached to an aromatic ring is 1. The van der Waals surface area contributed by atoms with Crippen LogP contribution in [0.4, 0.5) is 5.69 Å². The average Bonchev–Trinajstić information content (AvgIpc) is 3.34. The van der Waals surface area contributed by atoms with E-state index in [0.717, 1.165) is 23.2 Å². The van der Waals surface area contributed by atoms with Crippen molar-refractivity contribution in [3.8, 4) is 22.6 Å². The monoisotopic (exact) mass is 412 g/mol. The Morgan fingerprint density at radius 3 is 2.75 bits per heavy atom. The van der Waals surface area contributed by atoms with E-state index in [0.29, 0.717) is 38.2 Å². The van der Waals surface area contributed by atoms with E-state index in [1.165, 1.54) is 11.3 Å². The molecule has 5 nitrogen and oxygen atoms in total. The molecule has 0 aliphatic rings. The summed E-state index contributed by atoms with van der Waals surface area (Å²) in [6.07, 6.45) is 2.34. The Balaban J connectivity index is 1.92. The van der Waals surface area contributed by atoms with Crippen molar-refractivity contribution in [1.29, 1.82) is 0 Å². The van der Waals surface area contributed by atoms with Gasteiger partial charge in [0.15, 0.2) is 0 Å². The summed E-state index contributed by atoms with van der Waals surface area (Å²) in [7, 11) is 0. The number of hydrogen-bond donors (Lipinski definition) is 1. The van der Waals surface area contributed by atoms with E-state index in [2.05, 4.69) is 0 Å². The largest absolute Gasteiger partial charge is 0.464 e. The molecule has 0 aliphatic heterocycles. The Labute approximate surface area is 170 Å². The average molecular weight is 413 g/mol. The lowest BCUT2D eigenvalue weighted by molar-refractivity contribution is 0.0512. The summed E-state index contributed by atoms with van der Waals surface area (Å²) in [5.41, 5.74) is 9.13. The summed E-state index contributed by atoms with van der Waals surface area (Å²) in [6.45, 7) is 2.29. The second-order valence-electron chi connectivity index (χ2n) is 6.20. The van der Waals surface area contributed by atoms with Gasteiger partial charge in [0.2, 0.25) is 0 Å². The molecule has 3 heterocycles. The van der Waals surface area contributed by atoms with Gasteiger partial charge in [0.25, 0.3) is 0 Å². The zero-order valence-electron chi connectivity index (χ0n) is 15.1. The van der Waals surface area contributed by atoms with Gasteiger partial charge in [-0.2, -0.15) is 0 Å². The second-order valence-corrected chi connectivity index (χ2v) is 7.64. The first-order valence-corrected chi connectivity index (χ1v) is 9.98. The minimum atomic E-state index is -0.430. The number of thiophene rings is 1. The quantitative estimate of drug-likeness (QED) is 0.405. The van der Waals surface area contributed by atoms with E-state index in [4.69, 9.17) is 31.5 Å². The van der Waals surface area contributed by atoms with Crippen LogP contribution in [0.5, 0.6) is 0 Å². The number of nitrogens with zero attached hydrogens (tertiary/aromatic N) is 1. The number of benzene rings is 1. The van der Waals surface area contributed by atoms with Gasteiger partial charge in [-0.1, -0.05) is 30.7 Å². The van der Waals surface area contributed by atoms with E-state index >= 15 is 0 Å². The number of rotatable bonds is 5. The highest BCUT2D eigenvalue weighted by atomic mass is 35.5. The van der Waals surface area contributed by atoms with Crippen molar-refractivity contribution >= 4 is 44.8 Å². The van der Waals surface area contributed by atoms with Gasteiger partial charge in [0, 0.05) is 21.5 Å². The van der Waals surface area contributed by atoms with Crippen LogP contribution in [-0.4, -0.2) is 17.6 Å². The molecule has 0 unspecified atom stereocenters. The van der Waals surface area contributed by atoms with E-state index in [1.54, 1.807) is 6.26 Å². The molecule has 142 valence electrons. The standard InChI is InChI=1S/C21H17ClN2O3S/c1-2-9-27-21(25)19-18(23)17-14(16-4-3-10-26-16)11-15(24-20(17)28-19)12-5-7-13(22)8-6-12/h3-8,10-11H,2,9,23H2,1H3. The van der Waals surface area contributed by atoms with Crippen molar-refractivity contribution in [1.82, 2.24) is 4.98 Å². The summed E-state index contributed by atoms with van der Waals surface area (Å²) >= 11 is 7.23. The number of hydrogen-bond acceptors (Lipinski definition) is 6. The van der Waals surface area contributed by atoms with E-state index < -0.39 is 5.97 Å². The molecule has 0 amide bonds. The van der Waals surface area contributed by atoms with E-state index in [1.807, 2.05) is 49.4 Å². The Morgan fingerprint density at radius 1 is 1.29 bits per heavy atom. The Morgan fingerprint density at radius 2 is 2.07 bits per heavy atom. The molecule has 0 fully saturated rings. The van der Waals surface area contributed by atoms with Crippen LogP contribution in [0, 0.1) is 0 Å². The van der Waals surface area contributed by atoms with Gasteiger partial charge in [-0.05, 0) is 36.8 Å². The normalized spacial score (nSPS) is 11.1. The number of nitrogens with two attached hydrogens (primary N) is 1. The fraction of sp³-hybridized carbons (Fsp3) is 0.143. The lowest BCUT2D eigenvalue weighted by Gasteiger charge is -2.07. The number of esters is 1. The van der Waals surface area contributed by atoms with Gasteiger partial charge >= 0.3 is 5.97 Å². The number of anilines is 1. The van der Waals surface area contributed by atoms with Crippen LogP contribution < -0.4 is 5.73 Å². The maximum absolute atomic E-state index is 12.4. The molecule has 0 spiro atoms. The predicted molar refractivity (Wildman–Crippen MR) is 113 cm³/mol. The molecule has 7 heteroatoms. The highest BCUT2D eigenvalue weighted by molar-refractivity contribution is 7.21. The van der Waals surface area contributed by atoms with Crippen LogP contribution in [-0.2, 0) is 4.74 Å². The number of furan rings is 1. The lowest BCUT2D eigenvalue weighted by Crippen LogP contribution is -2.06. The first kappa shape index (κ1) is 18.5. The Hall–Kier alpha value is -2.83. The third kappa shape index (κ3) is 3.37. The molecular formula is C21H17ClN2O3S. The zero-order chi connectivity index (χ0) is 19.7. The molecule has 4 rings (SSSR count). The first-order valence-electron chi connectivity index (χ1n) is 8.78. The smallest absolute Gasteiger partial charge is 0.350 e. The van der Waals surface area contributed by atoms with Crippen molar-refractivity contribution in [2.24, 2.45) is 0 Å². The molecule has 2 N–H and O–H groups in total. The number of pyridine rings is 1. The van der Waals surface area contributed by atoms with Crippen molar-refractivity contribution in [3.05, 3.63) is 58.6 Å². The molecule has 0 aliphatic carbocycles. The third-order valence-electron chi connectivity index (χ3n) is 4.25. The molecule has 1 aromatic carbocycles. The molecular weight excluding hydrogens is 396 g/mol. The van der Waals surface area contributed by atoms with Crippen LogP contribution in [0.2, 0.25) is 5.02 Å². The van der Waals surface area contributed by atoms with E-state index in [9.17, 15) is 4.79 Å². The fourth-order valence-corrected chi connectivity index (χ4v) is 4.07. The number of carbonyl (C=O) groups excluding carboxylic acids is 1. The van der Waals surface area contributed by atoms with E-state index in [-0.39, 0.29) is 0 Å². The van der Waals surface area contributed by atoms with Gasteiger partial charge in [-0.3, -0.25) is 0 Å². The maximum Gasteiger partial charge on any atom is 0.350 e. The number of ether oxygens (including phenoxy) is 1. The van der Waals surface area contributed by atoms with Crippen LogP contribution in [0.15, 0.2) is 53.1 Å². The van der Waals surface area contributed by atoms with Crippen molar-refractivity contribution in [2.75, 3.05) is 12.3 Å². The minimum Gasteiger partial charge on any atom is -0.464 e. The van der Waals surface area contributed by atoms with Crippen LogP contribution in [0.1, 0.15) is 23.0 Å². The number of halogens is 1. The number of aromatic nitrogens is 1. The SMILES string of the molecule is CCCOC(=O)c1sc2nc(-c3ccc(Cl)cc3)cc(-c3ccco3)c2c1N. The molecule has 0 saturated carbocycles. The van der Waals surface area contributed by atoms with Gasteiger partial charge in [0.1, 0.15) is 15.5 Å². The van der Waals surface area contributed by atoms with Gasteiger partial charge in [-0.15, -0.1) is 11.3 Å². The number of fused-ring (bicyclic) bond motifs is 1. The molecule has 0 saturated heterocycles. The Bertz CT molecular complexity index is 1130. The molecule has 0 bridgehead atoms. The molecule has 28 heavy (non-hydrogen) atoms.